The highest BCUT2D eigenvalue weighted by Gasteiger charge is 2.14. The molecule has 0 radical (unpaired) electrons. The van der Waals surface area contributed by atoms with Gasteiger partial charge in [0.2, 0.25) is 0 Å². The maximum atomic E-state index is 12.2. The summed E-state index contributed by atoms with van der Waals surface area (Å²) >= 11 is 0. The van der Waals surface area contributed by atoms with Crippen molar-refractivity contribution in [1.29, 1.82) is 0 Å². The van der Waals surface area contributed by atoms with E-state index in [2.05, 4.69) is 23.2 Å². The molecule has 2 rings (SSSR count). The first-order valence-corrected chi connectivity index (χ1v) is 7.06. The topological polar surface area (TPSA) is 24.5 Å². The molecule has 106 valence electrons. The molecule has 0 spiro atoms. The largest absolute Gasteiger partial charge is 0.491 e. The van der Waals surface area contributed by atoms with Crippen molar-refractivity contribution in [1.82, 2.24) is 5.32 Å². The summed E-state index contributed by atoms with van der Waals surface area (Å²) < 4.78 is 17.9. The monoisotopic (exact) mass is 266 g/mol. The maximum absolute atomic E-state index is 12.2. The van der Waals surface area contributed by atoms with Crippen molar-refractivity contribution in [2.75, 3.05) is 44.4 Å². The lowest BCUT2D eigenvalue weighted by Gasteiger charge is -2.25. The molecule has 0 aromatic heterocycles. The average Bonchev–Trinajstić information content (AvgIpc) is 2.69. The van der Waals surface area contributed by atoms with Gasteiger partial charge in [0, 0.05) is 26.1 Å². The van der Waals surface area contributed by atoms with Gasteiger partial charge >= 0.3 is 0 Å². The van der Waals surface area contributed by atoms with E-state index in [1.165, 1.54) is 5.56 Å². The molecule has 0 saturated carbocycles. The molecule has 0 aliphatic carbocycles. The first kappa shape index (κ1) is 14.1. The van der Waals surface area contributed by atoms with Crippen molar-refractivity contribution in [3.05, 3.63) is 23.8 Å². The summed E-state index contributed by atoms with van der Waals surface area (Å²) in [5.74, 6) is 0.876. The van der Waals surface area contributed by atoms with Crippen molar-refractivity contribution < 1.29 is 9.13 Å². The molecule has 0 bridgehead atoms. The van der Waals surface area contributed by atoms with Gasteiger partial charge in [0.15, 0.2) is 0 Å². The number of hydrogen-bond donors (Lipinski definition) is 1. The number of anilines is 1. The Morgan fingerprint density at radius 1 is 1.32 bits per heavy atom. The highest BCUT2D eigenvalue weighted by molar-refractivity contribution is 5.60. The van der Waals surface area contributed by atoms with E-state index in [1.807, 2.05) is 12.1 Å². The smallest absolute Gasteiger partial charge is 0.142 e. The first-order chi connectivity index (χ1) is 9.31. The summed E-state index contributed by atoms with van der Waals surface area (Å²) in [6.45, 7) is 6.30. The van der Waals surface area contributed by atoms with Crippen LogP contribution in [0.1, 0.15) is 18.4 Å². The van der Waals surface area contributed by atoms with Crippen LogP contribution < -0.4 is 15.0 Å². The lowest BCUT2D eigenvalue weighted by Crippen LogP contribution is -2.28. The Labute approximate surface area is 114 Å². The summed E-state index contributed by atoms with van der Waals surface area (Å²) in [6.07, 6.45) is 1.59. The van der Waals surface area contributed by atoms with E-state index in [1.54, 1.807) is 0 Å². The summed E-state index contributed by atoms with van der Waals surface area (Å²) in [5.41, 5.74) is 2.37. The minimum atomic E-state index is -0.325. The molecule has 3 nitrogen and oxygen atoms in total. The van der Waals surface area contributed by atoms with Gasteiger partial charge in [0.25, 0.3) is 0 Å². The van der Waals surface area contributed by atoms with Crippen molar-refractivity contribution in [3.63, 3.8) is 0 Å². The Morgan fingerprint density at radius 3 is 3.05 bits per heavy atom. The Hall–Kier alpha value is -1.29. The van der Waals surface area contributed by atoms with Gasteiger partial charge in [0.1, 0.15) is 5.75 Å². The predicted octanol–water partition coefficient (Wildman–Crippen LogP) is 2.53. The van der Waals surface area contributed by atoms with Gasteiger partial charge in [-0.25, -0.2) is 0 Å². The van der Waals surface area contributed by atoms with Gasteiger partial charge in [-0.05, 0) is 37.6 Å². The van der Waals surface area contributed by atoms with E-state index in [9.17, 15) is 4.39 Å². The average molecular weight is 266 g/mol. The molecule has 0 amide bonds. The summed E-state index contributed by atoms with van der Waals surface area (Å²) in [4.78, 5) is 2.36. The third-order valence-electron chi connectivity index (χ3n) is 3.33. The number of halogens is 1. The highest BCUT2D eigenvalue weighted by atomic mass is 19.1. The molecule has 0 unspecified atom stereocenters. The molecule has 1 aromatic carbocycles. The standard InChI is InChI=1S/C15H23FN2O/c1-13-4-5-15(19-11-2-6-16)14(12-13)18-9-3-7-17-8-10-18/h4-5,12,17H,2-3,6-11H2,1H3. The molecule has 1 aliphatic rings. The summed E-state index contributed by atoms with van der Waals surface area (Å²) in [6, 6.07) is 6.21. The number of benzene rings is 1. The van der Waals surface area contributed by atoms with Gasteiger partial charge in [-0.2, -0.15) is 0 Å². The van der Waals surface area contributed by atoms with Crippen LogP contribution in [0.4, 0.5) is 10.1 Å². The summed E-state index contributed by atoms with van der Waals surface area (Å²) in [7, 11) is 0. The van der Waals surface area contributed by atoms with Crippen LogP contribution in [0.2, 0.25) is 0 Å². The van der Waals surface area contributed by atoms with Crippen LogP contribution >= 0.6 is 0 Å². The number of alkyl halides is 1. The van der Waals surface area contributed by atoms with Crippen LogP contribution in [-0.4, -0.2) is 39.5 Å². The van der Waals surface area contributed by atoms with Gasteiger partial charge in [-0.15, -0.1) is 0 Å². The number of aryl methyl sites for hydroxylation is 1. The van der Waals surface area contributed by atoms with Crippen molar-refractivity contribution in [2.45, 2.75) is 19.8 Å². The fourth-order valence-corrected chi connectivity index (χ4v) is 2.32. The van der Waals surface area contributed by atoms with Gasteiger partial charge in [-0.3, -0.25) is 4.39 Å². The van der Waals surface area contributed by atoms with Crippen molar-refractivity contribution in [3.8, 4) is 5.75 Å². The molecular formula is C15H23FN2O. The van der Waals surface area contributed by atoms with E-state index in [0.29, 0.717) is 13.0 Å². The third kappa shape index (κ3) is 4.10. The molecule has 1 fully saturated rings. The fraction of sp³-hybridized carbons (Fsp3) is 0.600. The van der Waals surface area contributed by atoms with Crippen LogP contribution in [-0.2, 0) is 0 Å². The number of rotatable bonds is 5. The maximum Gasteiger partial charge on any atom is 0.142 e. The van der Waals surface area contributed by atoms with E-state index in [4.69, 9.17) is 4.74 Å². The van der Waals surface area contributed by atoms with E-state index in [0.717, 1.165) is 44.0 Å². The summed E-state index contributed by atoms with van der Waals surface area (Å²) in [5, 5.41) is 3.40. The number of hydrogen-bond acceptors (Lipinski definition) is 3. The lowest BCUT2D eigenvalue weighted by molar-refractivity contribution is 0.290. The van der Waals surface area contributed by atoms with E-state index >= 15 is 0 Å². The Kier molecular flexibility index (Phi) is 5.45. The molecule has 4 heteroatoms. The second-order valence-electron chi connectivity index (χ2n) is 4.95. The van der Waals surface area contributed by atoms with Crippen molar-refractivity contribution >= 4 is 5.69 Å². The van der Waals surface area contributed by atoms with Gasteiger partial charge in [-0.1, -0.05) is 6.07 Å². The molecule has 1 aromatic rings. The highest BCUT2D eigenvalue weighted by Crippen LogP contribution is 2.30. The van der Waals surface area contributed by atoms with E-state index < -0.39 is 0 Å². The molecule has 0 atom stereocenters. The number of ether oxygens (including phenoxy) is 1. The molecule has 1 N–H and O–H groups in total. The zero-order chi connectivity index (χ0) is 13.5. The second kappa shape index (κ2) is 7.34. The minimum Gasteiger partial charge on any atom is -0.491 e. The van der Waals surface area contributed by atoms with Crippen LogP contribution in [0.25, 0.3) is 0 Å². The van der Waals surface area contributed by atoms with Gasteiger partial charge < -0.3 is 15.0 Å². The molecular weight excluding hydrogens is 243 g/mol. The number of nitrogens with zero attached hydrogens (tertiary/aromatic N) is 1. The second-order valence-corrected chi connectivity index (χ2v) is 4.95. The van der Waals surface area contributed by atoms with Crippen LogP contribution in [0.5, 0.6) is 5.75 Å². The number of nitrogens with one attached hydrogen (secondary N) is 1. The third-order valence-corrected chi connectivity index (χ3v) is 3.33. The zero-order valence-electron chi connectivity index (χ0n) is 11.6. The predicted molar refractivity (Wildman–Crippen MR) is 77.0 cm³/mol. The SMILES string of the molecule is Cc1ccc(OCCCF)c(N2CCCNCC2)c1. The Balaban J connectivity index is 2.13. The van der Waals surface area contributed by atoms with Crippen molar-refractivity contribution in [2.24, 2.45) is 0 Å². The minimum absolute atomic E-state index is 0.325. The van der Waals surface area contributed by atoms with Crippen LogP contribution in [0.3, 0.4) is 0 Å². The fourth-order valence-electron chi connectivity index (χ4n) is 2.32. The normalized spacial score (nSPS) is 16.2. The lowest BCUT2D eigenvalue weighted by atomic mass is 10.2. The molecule has 1 heterocycles. The Morgan fingerprint density at radius 2 is 2.21 bits per heavy atom. The first-order valence-electron chi connectivity index (χ1n) is 7.06. The zero-order valence-corrected chi connectivity index (χ0v) is 11.6. The molecule has 1 saturated heterocycles. The quantitative estimate of drug-likeness (QED) is 0.829. The molecule has 19 heavy (non-hydrogen) atoms. The van der Waals surface area contributed by atoms with E-state index in [-0.39, 0.29) is 6.67 Å². The molecule has 1 aliphatic heterocycles. The Bertz CT molecular complexity index is 390. The van der Waals surface area contributed by atoms with Gasteiger partial charge in [0.05, 0.1) is 19.0 Å². The van der Waals surface area contributed by atoms with Crippen LogP contribution in [0, 0.1) is 6.92 Å². The van der Waals surface area contributed by atoms with Crippen LogP contribution in [0.15, 0.2) is 18.2 Å².